The highest BCUT2D eigenvalue weighted by molar-refractivity contribution is 8.93. The van der Waals surface area contributed by atoms with E-state index in [1.54, 1.807) is 4.57 Å². The third-order valence-corrected chi connectivity index (χ3v) is 6.06. The van der Waals surface area contributed by atoms with Crippen LogP contribution in [0.5, 0.6) is 5.75 Å². The zero-order valence-electron chi connectivity index (χ0n) is 21.0. The molecule has 0 aliphatic rings. The van der Waals surface area contributed by atoms with Gasteiger partial charge in [-0.3, -0.25) is 10.2 Å². The number of phenolic OH excluding ortho intramolecular Hbond substituents is 1. The summed E-state index contributed by atoms with van der Waals surface area (Å²) in [5.74, 6) is 0.212. The van der Waals surface area contributed by atoms with Gasteiger partial charge in [0.1, 0.15) is 5.75 Å². The lowest BCUT2D eigenvalue weighted by molar-refractivity contribution is 0.0971. The van der Waals surface area contributed by atoms with Crippen LogP contribution in [0.4, 0.5) is 0 Å². The molecule has 1 aromatic heterocycles. The largest absolute Gasteiger partial charge is 0.507 e. The van der Waals surface area contributed by atoms with Crippen LogP contribution >= 0.6 is 17.0 Å². The Labute approximate surface area is 207 Å². The van der Waals surface area contributed by atoms with E-state index in [0.717, 1.165) is 41.5 Å². The lowest BCUT2D eigenvalue weighted by Crippen LogP contribution is -2.28. The lowest BCUT2D eigenvalue weighted by Gasteiger charge is -2.28. The Kier molecular flexibility index (Phi) is 8.06. The predicted octanol–water partition coefficient (Wildman–Crippen LogP) is 6.48. The molecule has 0 atom stereocenters. The first-order chi connectivity index (χ1) is 14.9. The van der Waals surface area contributed by atoms with Crippen molar-refractivity contribution in [2.24, 2.45) is 0 Å². The van der Waals surface area contributed by atoms with Gasteiger partial charge in [0, 0.05) is 23.2 Å². The molecule has 0 unspecified atom stereocenters. The van der Waals surface area contributed by atoms with Crippen LogP contribution in [0.3, 0.4) is 0 Å². The normalized spacial score (nSPS) is 12.1. The molecule has 2 N–H and O–H groups in total. The number of unbranched alkanes of at least 4 members (excludes halogenated alkanes) is 1. The van der Waals surface area contributed by atoms with Gasteiger partial charge in [-0.2, -0.15) is 0 Å². The van der Waals surface area contributed by atoms with E-state index in [-0.39, 0.29) is 45.9 Å². The predicted molar refractivity (Wildman–Crippen MR) is 141 cm³/mol. The van der Waals surface area contributed by atoms with E-state index in [0.29, 0.717) is 11.2 Å². The molecular formula is C27H38BrN3O2. The van der Waals surface area contributed by atoms with Crippen LogP contribution in [0.2, 0.25) is 0 Å². The van der Waals surface area contributed by atoms with Crippen molar-refractivity contribution in [1.82, 2.24) is 9.13 Å². The Morgan fingerprint density at radius 2 is 1.42 bits per heavy atom. The van der Waals surface area contributed by atoms with Gasteiger partial charge in [-0.15, -0.1) is 17.0 Å². The number of Topliss-reactive ketones (excluding diaryl/α,β-unsaturated/α-hetero) is 1. The number of carbonyl (C=O) groups is 1. The Bertz CT molecular complexity index is 1170. The zero-order valence-corrected chi connectivity index (χ0v) is 22.7. The monoisotopic (exact) mass is 515 g/mol. The SMILES string of the molecule is Br.CCCCn1c(=N)n(CC(=O)c2cc(C(C)(C)C)c(O)c(C(C)(C)C)c2)c2ccccc21. The summed E-state index contributed by atoms with van der Waals surface area (Å²) < 4.78 is 3.79. The summed E-state index contributed by atoms with van der Waals surface area (Å²) in [6.07, 6.45) is 2.03. The van der Waals surface area contributed by atoms with Gasteiger partial charge < -0.3 is 14.2 Å². The van der Waals surface area contributed by atoms with Crippen molar-refractivity contribution in [2.45, 2.75) is 85.2 Å². The van der Waals surface area contributed by atoms with Crippen molar-refractivity contribution in [3.63, 3.8) is 0 Å². The molecule has 0 aliphatic carbocycles. The number of aryl methyl sites for hydroxylation is 1. The van der Waals surface area contributed by atoms with Crippen LogP contribution in [0, 0.1) is 5.41 Å². The van der Waals surface area contributed by atoms with Gasteiger partial charge in [-0.1, -0.05) is 67.0 Å². The van der Waals surface area contributed by atoms with Gasteiger partial charge in [0.2, 0.25) is 5.62 Å². The molecule has 0 saturated heterocycles. The minimum atomic E-state index is -0.301. The smallest absolute Gasteiger partial charge is 0.203 e. The molecule has 0 aliphatic heterocycles. The Hall–Kier alpha value is -2.34. The van der Waals surface area contributed by atoms with Crippen molar-refractivity contribution >= 4 is 33.8 Å². The summed E-state index contributed by atoms with van der Waals surface area (Å²) in [5.41, 5.74) is 3.75. The number of phenols is 1. The highest BCUT2D eigenvalue weighted by Crippen LogP contribution is 2.40. The lowest BCUT2D eigenvalue weighted by atomic mass is 9.78. The molecule has 1 heterocycles. The van der Waals surface area contributed by atoms with Crippen molar-refractivity contribution < 1.29 is 9.90 Å². The van der Waals surface area contributed by atoms with Crippen LogP contribution < -0.4 is 5.62 Å². The summed E-state index contributed by atoms with van der Waals surface area (Å²) in [4.78, 5) is 13.5. The van der Waals surface area contributed by atoms with E-state index in [4.69, 9.17) is 5.41 Å². The molecule has 3 rings (SSSR count). The summed E-state index contributed by atoms with van der Waals surface area (Å²) in [6.45, 7) is 15.2. The summed E-state index contributed by atoms with van der Waals surface area (Å²) in [7, 11) is 0. The maximum atomic E-state index is 13.5. The van der Waals surface area contributed by atoms with E-state index in [1.807, 2.05) is 82.5 Å². The fourth-order valence-corrected chi connectivity index (χ4v) is 4.17. The fraction of sp³-hybridized carbons (Fsp3) is 0.481. The number of rotatable bonds is 6. The first-order valence-corrected chi connectivity index (χ1v) is 11.5. The highest BCUT2D eigenvalue weighted by atomic mass is 79.9. The minimum absolute atomic E-state index is 0. The van der Waals surface area contributed by atoms with Gasteiger partial charge in [-0.05, 0) is 41.5 Å². The van der Waals surface area contributed by atoms with Gasteiger partial charge in [-0.25, -0.2) is 0 Å². The second-order valence-electron chi connectivity index (χ2n) is 10.7. The Morgan fingerprint density at radius 1 is 0.939 bits per heavy atom. The molecule has 0 saturated carbocycles. The average Bonchev–Trinajstić information content (AvgIpc) is 2.96. The third-order valence-electron chi connectivity index (χ3n) is 6.06. The molecule has 3 aromatic rings. The molecule has 5 nitrogen and oxygen atoms in total. The molecule has 180 valence electrons. The van der Waals surface area contributed by atoms with E-state index in [2.05, 4.69) is 6.92 Å². The first-order valence-electron chi connectivity index (χ1n) is 11.5. The minimum Gasteiger partial charge on any atom is -0.507 e. The zero-order chi connectivity index (χ0) is 23.8. The number of halogens is 1. The first kappa shape index (κ1) is 26.9. The van der Waals surface area contributed by atoms with Crippen molar-refractivity contribution in [2.75, 3.05) is 0 Å². The van der Waals surface area contributed by atoms with Crippen LogP contribution in [0.25, 0.3) is 11.0 Å². The van der Waals surface area contributed by atoms with Crippen molar-refractivity contribution in [1.29, 1.82) is 5.41 Å². The number of nitrogens with one attached hydrogen (secondary N) is 1. The topological polar surface area (TPSA) is 71.0 Å². The number of imidazole rings is 1. The quantitative estimate of drug-likeness (QED) is 0.368. The van der Waals surface area contributed by atoms with Crippen molar-refractivity contribution in [3.8, 4) is 5.75 Å². The van der Waals surface area contributed by atoms with E-state index < -0.39 is 0 Å². The molecular weight excluding hydrogens is 478 g/mol. The van der Waals surface area contributed by atoms with Crippen LogP contribution in [0.1, 0.15) is 82.8 Å². The Balaban J connectivity index is 0.00000385. The van der Waals surface area contributed by atoms with Gasteiger partial charge in [0.15, 0.2) is 5.78 Å². The molecule has 0 spiro atoms. The number of carbonyl (C=O) groups excluding carboxylic acids is 1. The molecule has 6 heteroatoms. The summed E-state index contributed by atoms with van der Waals surface area (Å²) >= 11 is 0. The van der Waals surface area contributed by atoms with Crippen LogP contribution in [-0.2, 0) is 23.9 Å². The molecule has 0 radical (unpaired) electrons. The second-order valence-corrected chi connectivity index (χ2v) is 10.7. The number of hydrogen-bond donors (Lipinski definition) is 2. The number of hydrogen-bond acceptors (Lipinski definition) is 3. The third kappa shape index (κ3) is 5.43. The molecule has 2 aromatic carbocycles. The number of aromatic hydroxyl groups is 1. The number of ketones is 1. The summed E-state index contributed by atoms with van der Waals surface area (Å²) in [5, 5.41) is 19.7. The highest BCUT2D eigenvalue weighted by Gasteiger charge is 2.28. The van der Waals surface area contributed by atoms with Gasteiger partial charge >= 0.3 is 0 Å². The van der Waals surface area contributed by atoms with Crippen LogP contribution in [-0.4, -0.2) is 20.0 Å². The van der Waals surface area contributed by atoms with Gasteiger partial charge in [0.05, 0.1) is 17.6 Å². The number of fused-ring (bicyclic) bond motifs is 1. The number of aromatic nitrogens is 2. The molecule has 0 fully saturated rings. The van der Waals surface area contributed by atoms with E-state index in [9.17, 15) is 9.90 Å². The van der Waals surface area contributed by atoms with Gasteiger partial charge in [0.25, 0.3) is 0 Å². The maximum absolute atomic E-state index is 13.5. The average molecular weight is 517 g/mol. The summed E-state index contributed by atoms with van der Waals surface area (Å²) in [6, 6.07) is 11.6. The number of nitrogens with zero attached hydrogens (tertiary/aromatic N) is 2. The number of para-hydroxylation sites is 2. The number of benzene rings is 2. The van der Waals surface area contributed by atoms with Crippen LogP contribution in [0.15, 0.2) is 36.4 Å². The maximum Gasteiger partial charge on any atom is 0.203 e. The Morgan fingerprint density at radius 3 is 1.88 bits per heavy atom. The fourth-order valence-electron chi connectivity index (χ4n) is 4.17. The van der Waals surface area contributed by atoms with E-state index in [1.165, 1.54) is 0 Å². The van der Waals surface area contributed by atoms with Crippen molar-refractivity contribution in [3.05, 3.63) is 58.7 Å². The molecule has 0 bridgehead atoms. The molecule has 33 heavy (non-hydrogen) atoms. The molecule has 0 amide bonds. The second kappa shape index (κ2) is 9.88. The van der Waals surface area contributed by atoms with E-state index >= 15 is 0 Å². The standard InChI is InChI=1S/C27H37N3O2.BrH/c1-8-9-14-29-21-12-10-11-13-22(21)30(25(29)28)17-23(31)18-15-19(26(2,3)4)24(32)20(16-18)27(5,6)7;/h10-13,15-16,28,32H,8-9,14,17H2,1-7H3;1H.